The highest BCUT2D eigenvalue weighted by Gasteiger charge is 2.22. The molecule has 1 N–H and O–H groups in total. The lowest BCUT2D eigenvalue weighted by Crippen LogP contribution is -2.24. The van der Waals surface area contributed by atoms with E-state index in [0.717, 1.165) is 12.1 Å². The van der Waals surface area contributed by atoms with Crippen LogP contribution in [0.1, 0.15) is 0 Å². The highest BCUT2D eigenvalue weighted by Crippen LogP contribution is 2.34. The lowest BCUT2D eigenvalue weighted by atomic mass is 10.2. The highest BCUT2D eigenvalue weighted by atomic mass is 35.5. The summed E-state index contributed by atoms with van der Waals surface area (Å²) in [7, 11) is 1.18. The van der Waals surface area contributed by atoms with E-state index in [1.807, 2.05) is 0 Å². The van der Waals surface area contributed by atoms with Gasteiger partial charge >= 0.3 is 6.09 Å². The summed E-state index contributed by atoms with van der Waals surface area (Å²) >= 11 is 5.55. The van der Waals surface area contributed by atoms with E-state index in [1.54, 1.807) is 0 Å². The summed E-state index contributed by atoms with van der Waals surface area (Å²) in [5, 5.41) is 19.9. The molecule has 0 heterocycles. The number of ether oxygens (including phenoxy) is 1. The summed E-state index contributed by atoms with van der Waals surface area (Å²) in [6, 6.07) is 7.34. The number of amides is 1. The zero-order valence-electron chi connectivity index (χ0n) is 11.7. The van der Waals surface area contributed by atoms with Crippen molar-refractivity contribution in [1.82, 2.24) is 0 Å². The SMILES string of the molecule is CN(C(=O)O)c1ccc(Oc2ccc(Cl)c(F)c2)cc1[N+](=O)[O-]. The fraction of sp³-hybridized carbons (Fsp3) is 0.0714. The first-order valence-corrected chi connectivity index (χ1v) is 6.55. The Hall–Kier alpha value is -2.87. The molecule has 0 aliphatic rings. The molecule has 1 amide bonds. The quantitative estimate of drug-likeness (QED) is 0.661. The van der Waals surface area contributed by atoms with Crippen LogP contribution in [0.5, 0.6) is 11.5 Å². The number of anilines is 1. The number of nitro groups is 1. The van der Waals surface area contributed by atoms with Gasteiger partial charge in [-0.25, -0.2) is 9.18 Å². The van der Waals surface area contributed by atoms with Crippen molar-refractivity contribution in [2.75, 3.05) is 11.9 Å². The first-order chi connectivity index (χ1) is 10.8. The normalized spacial score (nSPS) is 10.2. The Labute approximate surface area is 134 Å². The predicted octanol–water partition coefficient (Wildman–Crippen LogP) is 4.29. The molecule has 0 aliphatic carbocycles. The van der Waals surface area contributed by atoms with Gasteiger partial charge in [0.25, 0.3) is 5.69 Å². The molecule has 0 spiro atoms. The van der Waals surface area contributed by atoms with Crippen molar-refractivity contribution in [1.29, 1.82) is 0 Å². The summed E-state index contributed by atoms with van der Waals surface area (Å²) in [6.07, 6.45) is -1.35. The number of hydrogen-bond donors (Lipinski definition) is 1. The van der Waals surface area contributed by atoms with E-state index >= 15 is 0 Å². The number of carbonyl (C=O) groups is 1. The number of carboxylic acid groups (broad SMARTS) is 1. The molecule has 2 aromatic rings. The molecule has 0 aliphatic heterocycles. The van der Waals surface area contributed by atoms with E-state index in [2.05, 4.69) is 0 Å². The second-order valence-electron chi connectivity index (χ2n) is 4.43. The van der Waals surface area contributed by atoms with Crippen LogP contribution in [0.15, 0.2) is 36.4 Å². The van der Waals surface area contributed by atoms with Gasteiger partial charge in [-0.2, -0.15) is 0 Å². The first kappa shape index (κ1) is 16.5. The molecular weight excluding hydrogens is 331 g/mol. The highest BCUT2D eigenvalue weighted by molar-refractivity contribution is 6.30. The van der Waals surface area contributed by atoms with E-state index in [9.17, 15) is 19.3 Å². The lowest BCUT2D eigenvalue weighted by Gasteiger charge is -2.14. The van der Waals surface area contributed by atoms with Gasteiger partial charge in [-0.1, -0.05) is 11.6 Å². The summed E-state index contributed by atoms with van der Waals surface area (Å²) in [5.41, 5.74) is -0.570. The molecule has 2 rings (SSSR count). The zero-order valence-corrected chi connectivity index (χ0v) is 12.5. The van der Waals surface area contributed by atoms with Crippen molar-refractivity contribution in [3.05, 3.63) is 57.4 Å². The Balaban J connectivity index is 2.37. The Kier molecular flexibility index (Phi) is 4.65. The minimum absolute atomic E-state index is 0.0564. The molecule has 0 aromatic heterocycles. The van der Waals surface area contributed by atoms with Gasteiger partial charge < -0.3 is 9.84 Å². The molecule has 0 saturated heterocycles. The molecule has 0 radical (unpaired) electrons. The number of hydrogen-bond acceptors (Lipinski definition) is 4. The first-order valence-electron chi connectivity index (χ1n) is 6.17. The fourth-order valence-electron chi connectivity index (χ4n) is 1.78. The Morgan fingerprint density at radius 1 is 1.30 bits per heavy atom. The molecule has 2 aromatic carbocycles. The van der Waals surface area contributed by atoms with Crippen LogP contribution in [0.25, 0.3) is 0 Å². The third kappa shape index (κ3) is 3.67. The summed E-state index contributed by atoms with van der Waals surface area (Å²) in [6.45, 7) is 0. The molecule has 9 heteroatoms. The lowest BCUT2D eigenvalue weighted by molar-refractivity contribution is -0.384. The number of rotatable bonds is 4. The molecule has 120 valence electrons. The van der Waals surface area contributed by atoms with Gasteiger partial charge in [-0.05, 0) is 24.3 Å². The van der Waals surface area contributed by atoms with Crippen LogP contribution in [0.4, 0.5) is 20.6 Å². The third-order valence-electron chi connectivity index (χ3n) is 2.92. The van der Waals surface area contributed by atoms with E-state index in [4.69, 9.17) is 21.4 Å². The van der Waals surface area contributed by atoms with Crippen LogP contribution in [-0.4, -0.2) is 23.2 Å². The van der Waals surface area contributed by atoms with Gasteiger partial charge in [0.1, 0.15) is 23.0 Å². The van der Waals surface area contributed by atoms with Gasteiger partial charge in [0, 0.05) is 13.1 Å². The number of halogens is 2. The van der Waals surface area contributed by atoms with Crippen LogP contribution in [-0.2, 0) is 0 Å². The minimum atomic E-state index is -1.35. The molecule has 0 unspecified atom stereocenters. The Morgan fingerprint density at radius 2 is 1.91 bits per heavy atom. The summed E-state index contributed by atoms with van der Waals surface area (Å²) in [4.78, 5) is 22.0. The van der Waals surface area contributed by atoms with Gasteiger partial charge in [-0.15, -0.1) is 0 Å². The van der Waals surface area contributed by atoms with E-state index in [-0.39, 0.29) is 22.2 Å². The van der Waals surface area contributed by atoms with Crippen molar-refractivity contribution >= 4 is 29.1 Å². The monoisotopic (exact) mass is 340 g/mol. The Bertz CT molecular complexity index is 784. The molecule has 7 nitrogen and oxygen atoms in total. The van der Waals surface area contributed by atoms with Crippen molar-refractivity contribution in [3.8, 4) is 11.5 Å². The molecule has 23 heavy (non-hydrogen) atoms. The zero-order chi connectivity index (χ0) is 17.1. The maximum absolute atomic E-state index is 13.4. The second-order valence-corrected chi connectivity index (χ2v) is 4.83. The maximum Gasteiger partial charge on any atom is 0.411 e. The van der Waals surface area contributed by atoms with Crippen LogP contribution in [0.3, 0.4) is 0 Å². The van der Waals surface area contributed by atoms with Crippen LogP contribution in [0, 0.1) is 15.9 Å². The van der Waals surface area contributed by atoms with Gasteiger partial charge in [0.2, 0.25) is 0 Å². The topological polar surface area (TPSA) is 92.9 Å². The minimum Gasteiger partial charge on any atom is -0.465 e. The molecule has 0 fully saturated rings. The molecule has 0 saturated carbocycles. The average Bonchev–Trinajstić information content (AvgIpc) is 2.50. The largest absolute Gasteiger partial charge is 0.465 e. The fourth-order valence-corrected chi connectivity index (χ4v) is 1.89. The van der Waals surface area contributed by atoms with E-state index in [0.29, 0.717) is 4.90 Å². The van der Waals surface area contributed by atoms with Crippen molar-refractivity contribution in [2.24, 2.45) is 0 Å². The summed E-state index contributed by atoms with van der Waals surface area (Å²) < 4.78 is 18.7. The van der Waals surface area contributed by atoms with Crippen LogP contribution < -0.4 is 9.64 Å². The number of nitro benzene ring substituents is 1. The van der Waals surface area contributed by atoms with E-state index < -0.39 is 22.5 Å². The van der Waals surface area contributed by atoms with Crippen molar-refractivity contribution in [3.63, 3.8) is 0 Å². The van der Waals surface area contributed by atoms with Crippen LogP contribution >= 0.6 is 11.6 Å². The Morgan fingerprint density at radius 3 is 2.48 bits per heavy atom. The number of nitrogens with zero attached hydrogens (tertiary/aromatic N) is 2. The molecule has 0 bridgehead atoms. The predicted molar refractivity (Wildman–Crippen MR) is 81.0 cm³/mol. The molecular formula is C14H10ClFN2O5. The van der Waals surface area contributed by atoms with Crippen molar-refractivity contribution < 1.29 is 24.0 Å². The average molecular weight is 341 g/mol. The van der Waals surface area contributed by atoms with Gasteiger partial charge in [0.15, 0.2) is 0 Å². The van der Waals surface area contributed by atoms with Gasteiger partial charge in [-0.3, -0.25) is 15.0 Å². The van der Waals surface area contributed by atoms with E-state index in [1.165, 1.54) is 31.3 Å². The third-order valence-corrected chi connectivity index (χ3v) is 3.23. The van der Waals surface area contributed by atoms with Crippen molar-refractivity contribution in [2.45, 2.75) is 0 Å². The summed E-state index contributed by atoms with van der Waals surface area (Å²) in [5.74, 6) is -0.539. The smallest absolute Gasteiger partial charge is 0.411 e. The number of benzene rings is 2. The van der Waals surface area contributed by atoms with Crippen LogP contribution in [0.2, 0.25) is 5.02 Å². The maximum atomic E-state index is 13.4. The molecule has 0 atom stereocenters. The second kappa shape index (κ2) is 6.49. The standard InChI is InChI=1S/C14H10ClFN2O5/c1-17(14(19)20)12-5-3-9(7-13(12)18(21)22)23-8-2-4-10(15)11(16)6-8/h2-7H,1H3,(H,19,20). The van der Waals surface area contributed by atoms with Gasteiger partial charge in [0.05, 0.1) is 16.0 Å².